The Labute approximate surface area is 148 Å². The van der Waals surface area contributed by atoms with Gasteiger partial charge in [0.05, 0.1) is 0 Å². The molecule has 1 N–H and O–H groups in total. The van der Waals surface area contributed by atoms with Crippen LogP contribution in [0.5, 0.6) is 0 Å². The molecule has 0 saturated heterocycles. The molecule has 0 aromatic heterocycles. The molecule has 0 saturated carbocycles. The molecule has 0 aromatic rings. The number of carbonyl (C=O) groups is 2. The maximum absolute atomic E-state index is 11.2. The first-order chi connectivity index (χ1) is 11.6. The van der Waals surface area contributed by atoms with E-state index < -0.39 is 5.97 Å². The largest absolute Gasteiger partial charge is 0.481 e. The number of rotatable bonds is 17. The highest BCUT2D eigenvalue weighted by Crippen LogP contribution is 2.17. The molecule has 24 heavy (non-hydrogen) atoms. The fourth-order valence-electron chi connectivity index (χ4n) is 3.00. The van der Waals surface area contributed by atoms with Crippen molar-refractivity contribution in [2.45, 2.75) is 116 Å². The maximum atomic E-state index is 11.2. The molecule has 0 rings (SSSR count). The van der Waals surface area contributed by atoms with Crippen molar-refractivity contribution in [1.82, 2.24) is 0 Å². The van der Waals surface area contributed by atoms with E-state index in [1.807, 2.05) is 0 Å². The van der Waals surface area contributed by atoms with Crippen molar-refractivity contribution in [1.29, 1.82) is 0 Å². The Kier molecular flexibility index (Phi) is 16.0. The number of carboxylic acid groups (broad SMARTS) is 1. The molecule has 0 bridgehead atoms. The van der Waals surface area contributed by atoms with Crippen molar-refractivity contribution < 1.29 is 19.4 Å². The van der Waals surface area contributed by atoms with Gasteiger partial charge in [-0.05, 0) is 32.1 Å². The lowest BCUT2D eigenvalue weighted by Crippen LogP contribution is -2.16. The fourth-order valence-corrected chi connectivity index (χ4v) is 3.00. The van der Waals surface area contributed by atoms with Gasteiger partial charge in [0, 0.05) is 13.3 Å². The van der Waals surface area contributed by atoms with Gasteiger partial charge in [0.2, 0.25) is 0 Å². The molecular weight excluding hydrogens is 304 g/mol. The summed E-state index contributed by atoms with van der Waals surface area (Å²) >= 11 is 0. The molecule has 0 aromatic carbocycles. The molecule has 0 amide bonds. The van der Waals surface area contributed by atoms with Gasteiger partial charge in [0.1, 0.15) is 6.10 Å². The van der Waals surface area contributed by atoms with E-state index in [1.54, 1.807) is 0 Å². The van der Waals surface area contributed by atoms with Gasteiger partial charge in [0.25, 0.3) is 0 Å². The molecule has 1 atom stereocenters. The van der Waals surface area contributed by atoms with Crippen LogP contribution in [-0.4, -0.2) is 23.1 Å². The summed E-state index contributed by atoms with van der Waals surface area (Å²) in [4.78, 5) is 21.7. The van der Waals surface area contributed by atoms with E-state index in [0.717, 1.165) is 44.9 Å². The van der Waals surface area contributed by atoms with Gasteiger partial charge in [-0.1, -0.05) is 64.7 Å². The van der Waals surface area contributed by atoms with Crippen LogP contribution in [0.2, 0.25) is 0 Å². The Morgan fingerprint density at radius 1 is 0.792 bits per heavy atom. The molecule has 0 unspecified atom stereocenters. The predicted molar refractivity (Wildman–Crippen MR) is 98.1 cm³/mol. The fraction of sp³-hybridized carbons (Fsp3) is 0.900. The summed E-state index contributed by atoms with van der Waals surface area (Å²) in [5.41, 5.74) is 0. The number of carboxylic acids is 1. The van der Waals surface area contributed by atoms with Crippen LogP contribution >= 0.6 is 0 Å². The molecule has 0 aliphatic rings. The third-order valence-corrected chi connectivity index (χ3v) is 4.38. The van der Waals surface area contributed by atoms with Crippen molar-refractivity contribution in [2.24, 2.45) is 0 Å². The molecule has 0 fully saturated rings. The summed E-state index contributed by atoms with van der Waals surface area (Å²) in [7, 11) is 0. The van der Waals surface area contributed by atoms with E-state index in [0.29, 0.717) is 0 Å². The average Bonchev–Trinajstić information content (AvgIpc) is 2.52. The molecule has 0 radical (unpaired) electrons. The van der Waals surface area contributed by atoms with Crippen molar-refractivity contribution in [2.75, 3.05) is 0 Å². The SMILES string of the molecule is CCCCCCCCCC[C@H](CCCCCCC(=O)O)OC(C)=O. The van der Waals surface area contributed by atoms with E-state index in [4.69, 9.17) is 9.84 Å². The van der Waals surface area contributed by atoms with E-state index in [9.17, 15) is 9.59 Å². The first-order valence-electron chi connectivity index (χ1n) is 9.95. The second-order valence-corrected chi connectivity index (χ2v) is 6.84. The Morgan fingerprint density at radius 2 is 1.25 bits per heavy atom. The van der Waals surface area contributed by atoms with Crippen LogP contribution in [0.15, 0.2) is 0 Å². The van der Waals surface area contributed by atoms with E-state index in [1.165, 1.54) is 51.9 Å². The highest BCUT2D eigenvalue weighted by atomic mass is 16.5. The lowest BCUT2D eigenvalue weighted by molar-refractivity contribution is -0.147. The van der Waals surface area contributed by atoms with Gasteiger partial charge in [-0.2, -0.15) is 0 Å². The summed E-state index contributed by atoms with van der Waals surface area (Å²) < 4.78 is 5.42. The van der Waals surface area contributed by atoms with Crippen LogP contribution in [0.25, 0.3) is 0 Å². The predicted octanol–water partition coefficient (Wildman–Crippen LogP) is 5.87. The highest BCUT2D eigenvalue weighted by molar-refractivity contribution is 5.66. The number of hydrogen-bond donors (Lipinski definition) is 1. The summed E-state index contributed by atoms with van der Waals surface area (Å²) in [6.07, 6.45) is 16.2. The number of esters is 1. The molecule has 0 spiro atoms. The van der Waals surface area contributed by atoms with E-state index in [-0.39, 0.29) is 18.5 Å². The van der Waals surface area contributed by atoms with Gasteiger partial charge in [-0.3, -0.25) is 9.59 Å². The first-order valence-corrected chi connectivity index (χ1v) is 9.95. The highest BCUT2D eigenvalue weighted by Gasteiger charge is 2.11. The molecule has 0 heterocycles. The number of carbonyl (C=O) groups excluding carboxylic acids is 1. The smallest absolute Gasteiger partial charge is 0.303 e. The molecule has 0 aliphatic heterocycles. The van der Waals surface area contributed by atoms with Crippen LogP contribution in [-0.2, 0) is 14.3 Å². The molecule has 4 heteroatoms. The lowest BCUT2D eigenvalue weighted by atomic mass is 10.0. The number of aliphatic carboxylic acids is 1. The topological polar surface area (TPSA) is 63.6 Å². The molecule has 0 aliphatic carbocycles. The van der Waals surface area contributed by atoms with Crippen molar-refractivity contribution >= 4 is 11.9 Å². The Morgan fingerprint density at radius 3 is 1.71 bits per heavy atom. The Bertz CT molecular complexity index is 315. The summed E-state index contributed by atoms with van der Waals surface area (Å²) in [6, 6.07) is 0. The van der Waals surface area contributed by atoms with Gasteiger partial charge in [-0.25, -0.2) is 0 Å². The Hall–Kier alpha value is -1.06. The first kappa shape index (κ1) is 22.9. The standard InChI is InChI=1S/C20H38O4/c1-3-4-5-6-7-8-9-12-15-19(24-18(2)21)16-13-10-11-14-17-20(22)23/h19H,3-17H2,1-2H3,(H,22,23)/t19-/m1/s1. The zero-order chi connectivity index (χ0) is 18.0. The van der Waals surface area contributed by atoms with Crippen molar-refractivity contribution in [3.8, 4) is 0 Å². The lowest BCUT2D eigenvalue weighted by Gasteiger charge is -2.17. The second kappa shape index (κ2) is 16.8. The minimum absolute atomic E-state index is 0.0436. The maximum Gasteiger partial charge on any atom is 0.303 e. The van der Waals surface area contributed by atoms with Crippen LogP contribution < -0.4 is 0 Å². The zero-order valence-corrected chi connectivity index (χ0v) is 15.9. The second-order valence-electron chi connectivity index (χ2n) is 6.84. The van der Waals surface area contributed by atoms with Gasteiger partial charge in [0.15, 0.2) is 0 Å². The average molecular weight is 343 g/mol. The van der Waals surface area contributed by atoms with Gasteiger partial charge < -0.3 is 9.84 Å². The molecule has 142 valence electrons. The van der Waals surface area contributed by atoms with Gasteiger partial charge >= 0.3 is 11.9 Å². The van der Waals surface area contributed by atoms with Crippen LogP contribution in [0.3, 0.4) is 0 Å². The van der Waals surface area contributed by atoms with E-state index >= 15 is 0 Å². The number of unbranched alkanes of at least 4 members (excludes halogenated alkanes) is 10. The van der Waals surface area contributed by atoms with Gasteiger partial charge in [-0.15, -0.1) is 0 Å². The quantitative estimate of drug-likeness (QED) is 0.265. The van der Waals surface area contributed by atoms with Crippen LogP contribution in [0.1, 0.15) is 110 Å². The van der Waals surface area contributed by atoms with E-state index in [2.05, 4.69) is 6.92 Å². The third-order valence-electron chi connectivity index (χ3n) is 4.38. The molecular formula is C20H38O4. The summed E-state index contributed by atoms with van der Waals surface area (Å²) in [5.74, 6) is -0.909. The minimum atomic E-state index is -0.720. The molecule has 4 nitrogen and oxygen atoms in total. The monoisotopic (exact) mass is 342 g/mol. The zero-order valence-electron chi connectivity index (χ0n) is 15.9. The van der Waals surface area contributed by atoms with Crippen molar-refractivity contribution in [3.05, 3.63) is 0 Å². The number of ether oxygens (including phenoxy) is 1. The Balaban J connectivity index is 3.66. The number of hydrogen-bond acceptors (Lipinski definition) is 3. The van der Waals surface area contributed by atoms with Crippen molar-refractivity contribution in [3.63, 3.8) is 0 Å². The van der Waals surface area contributed by atoms with Crippen LogP contribution in [0.4, 0.5) is 0 Å². The minimum Gasteiger partial charge on any atom is -0.481 e. The normalized spacial score (nSPS) is 12.1. The summed E-state index contributed by atoms with van der Waals surface area (Å²) in [6.45, 7) is 3.72. The van der Waals surface area contributed by atoms with Crippen LogP contribution in [0, 0.1) is 0 Å². The third kappa shape index (κ3) is 17.3. The summed E-state index contributed by atoms with van der Waals surface area (Å²) in [5, 5.41) is 8.60.